The minimum atomic E-state index is 0.759. The predicted molar refractivity (Wildman–Crippen MR) is 61.6 cm³/mol. The van der Waals surface area contributed by atoms with Gasteiger partial charge in [-0.3, -0.25) is 0 Å². The number of nitrogens with zero attached hydrogens (tertiary/aromatic N) is 4. The SMILES string of the molecule is CN(C)CCN(C)c1ncc(Br)cn1. The van der Waals surface area contributed by atoms with Crippen LogP contribution < -0.4 is 4.90 Å². The topological polar surface area (TPSA) is 32.3 Å². The molecule has 0 atom stereocenters. The molecule has 1 aromatic heterocycles. The van der Waals surface area contributed by atoms with E-state index in [0.29, 0.717) is 0 Å². The summed E-state index contributed by atoms with van der Waals surface area (Å²) in [7, 11) is 6.10. The lowest BCUT2D eigenvalue weighted by Gasteiger charge is -2.19. The number of halogens is 1. The van der Waals surface area contributed by atoms with Crippen molar-refractivity contribution in [1.29, 1.82) is 0 Å². The average molecular weight is 259 g/mol. The van der Waals surface area contributed by atoms with Crippen molar-refractivity contribution in [2.75, 3.05) is 39.1 Å². The summed E-state index contributed by atoms with van der Waals surface area (Å²) in [5, 5.41) is 0. The van der Waals surface area contributed by atoms with E-state index >= 15 is 0 Å². The highest BCUT2D eigenvalue weighted by molar-refractivity contribution is 9.10. The Bertz CT molecular complexity index is 273. The van der Waals surface area contributed by atoms with Crippen molar-refractivity contribution in [2.24, 2.45) is 0 Å². The standard InChI is InChI=1S/C9H15BrN4/c1-13(2)4-5-14(3)9-11-6-8(10)7-12-9/h6-7H,4-5H2,1-3H3. The molecule has 0 aliphatic rings. The van der Waals surface area contributed by atoms with Crippen molar-refractivity contribution in [2.45, 2.75) is 0 Å². The first kappa shape index (κ1) is 11.4. The first-order valence-corrected chi connectivity index (χ1v) is 5.22. The minimum absolute atomic E-state index is 0.759. The fourth-order valence-electron chi connectivity index (χ4n) is 0.953. The van der Waals surface area contributed by atoms with Crippen LogP contribution in [0.25, 0.3) is 0 Å². The molecule has 0 unspecified atom stereocenters. The van der Waals surface area contributed by atoms with Crippen molar-refractivity contribution in [1.82, 2.24) is 14.9 Å². The van der Waals surface area contributed by atoms with Gasteiger partial charge in [0.05, 0.1) is 4.47 Å². The molecule has 0 fully saturated rings. The Labute approximate surface area is 93.1 Å². The average Bonchev–Trinajstić information content (AvgIpc) is 2.15. The van der Waals surface area contributed by atoms with E-state index in [1.54, 1.807) is 12.4 Å². The maximum atomic E-state index is 4.21. The number of anilines is 1. The van der Waals surface area contributed by atoms with Gasteiger partial charge in [0.25, 0.3) is 0 Å². The monoisotopic (exact) mass is 258 g/mol. The van der Waals surface area contributed by atoms with Gasteiger partial charge in [0.15, 0.2) is 0 Å². The Kier molecular flexibility index (Phi) is 4.28. The highest BCUT2D eigenvalue weighted by atomic mass is 79.9. The number of aromatic nitrogens is 2. The van der Waals surface area contributed by atoms with Crippen LogP contribution in [0.4, 0.5) is 5.95 Å². The quantitative estimate of drug-likeness (QED) is 0.814. The highest BCUT2D eigenvalue weighted by Crippen LogP contribution is 2.09. The highest BCUT2D eigenvalue weighted by Gasteiger charge is 2.03. The molecule has 0 saturated heterocycles. The van der Waals surface area contributed by atoms with Gasteiger partial charge in [-0.1, -0.05) is 0 Å². The molecule has 0 radical (unpaired) electrons. The number of hydrogen-bond donors (Lipinski definition) is 0. The van der Waals surface area contributed by atoms with Gasteiger partial charge in [0.2, 0.25) is 5.95 Å². The maximum Gasteiger partial charge on any atom is 0.225 e. The van der Waals surface area contributed by atoms with Crippen LogP contribution in [-0.2, 0) is 0 Å². The largest absolute Gasteiger partial charge is 0.343 e. The normalized spacial score (nSPS) is 10.6. The molecular formula is C9H15BrN4. The fraction of sp³-hybridized carbons (Fsp3) is 0.556. The molecule has 0 aliphatic carbocycles. The summed E-state index contributed by atoms with van der Waals surface area (Å²) in [6.45, 7) is 1.92. The van der Waals surface area contributed by atoms with Crippen LogP contribution in [0.1, 0.15) is 0 Å². The molecule has 0 spiro atoms. The van der Waals surface area contributed by atoms with Gasteiger partial charge in [-0.2, -0.15) is 0 Å². The molecular weight excluding hydrogens is 244 g/mol. The molecule has 0 saturated carbocycles. The molecule has 0 N–H and O–H groups in total. The van der Waals surface area contributed by atoms with E-state index in [-0.39, 0.29) is 0 Å². The molecule has 1 rings (SSSR count). The smallest absolute Gasteiger partial charge is 0.225 e. The fourth-order valence-corrected chi connectivity index (χ4v) is 1.16. The summed E-state index contributed by atoms with van der Waals surface area (Å²) in [6, 6.07) is 0. The molecule has 5 heteroatoms. The molecule has 14 heavy (non-hydrogen) atoms. The van der Waals surface area contributed by atoms with E-state index in [0.717, 1.165) is 23.5 Å². The summed E-state index contributed by atoms with van der Waals surface area (Å²) in [5.74, 6) is 0.759. The van der Waals surface area contributed by atoms with Crippen LogP contribution in [0.5, 0.6) is 0 Å². The third-order valence-corrected chi connectivity index (χ3v) is 2.24. The van der Waals surface area contributed by atoms with Gasteiger partial charge >= 0.3 is 0 Å². The van der Waals surface area contributed by atoms with Gasteiger partial charge in [-0.25, -0.2) is 9.97 Å². The zero-order valence-corrected chi connectivity index (χ0v) is 10.3. The van der Waals surface area contributed by atoms with Gasteiger partial charge in [-0.05, 0) is 30.0 Å². The van der Waals surface area contributed by atoms with Crippen LogP contribution >= 0.6 is 15.9 Å². The van der Waals surface area contributed by atoms with E-state index in [1.165, 1.54) is 0 Å². The van der Waals surface area contributed by atoms with Gasteiger partial charge < -0.3 is 9.80 Å². The lowest BCUT2D eigenvalue weighted by Crippen LogP contribution is -2.29. The Morgan fingerprint density at radius 2 is 1.71 bits per heavy atom. The molecule has 1 heterocycles. The second kappa shape index (κ2) is 5.26. The second-order valence-corrected chi connectivity index (χ2v) is 4.34. The van der Waals surface area contributed by atoms with Crippen LogP contribution in [0.3, 0.4) is 0 Å². The molecule has 0 bridgehead atoms. The Hall–Kier alpha value is -0.680. The van der Waals surface area contributed by atoms with Crippen molar-refractivity contribution >= 4 is 21.9 Å². The number of likely N-dealkylation sites (N-methyl/N-ethyl adjacent to an activating group) is 2. The van der Waals surface area contributed by atoms with Crippen LogP contribution in [0.2, 0.25) is 0 Å². The Balaban J connectivity index is 2.52. The third-order valence-electron chi connectivity index (χ3n) is 1.83. The predicted octanol–water partition coefficient (Wildman–Crippen LogP) is 1.24. The lowest BCUT2D eigenvalue weighted by atomic mass is 10.5. The molecule has 0 amide bonds. The van der Waals surface area contributed by atoms with Crippen molar-refractivity contribution in [3.63, 3.8) is 0 Å². The second-order valence-electron chi connectivity index (χ2n) is 3.43. The number of rotatable bonds is 4. The molecule has 4 nitrogen and oxygen atoms in total. The molecule has 1 aromatic rings. The number of hydrogen-bond acceptors (Lipinski definition) is 4. The summed E-state index contributed by atoms with van der Waals surface area (Å²) in [5.41, 5.74) is 0. The van der Waals surface area contributed by atoms with E-state index in [4.69, 9.17) is 0 Å². The first-order valence-electron chi connectivity index (χ1n) is 4.43. The molecule has 0 aromatic carbocycles. The van der Waals surface area contributed by atoms with Crippen LogP contribution in [0, 0.1) is 0 Å². The first-order chi connectivity index (χ1) is 6.59. The Morgan fingerprint density at radius 3 is 2.21 bits per heavy atom. The van der Waals surface area contributed by atoms with E-state index < -0.39 is 0 Å². The van der Waals surface area contributed by atoms with Crippen molar-refractivity contribution < 1.29 is 0 Å². The summed E-state index contributed by atoms with van der Waals surface area (Å²) in [4.78, 5) is 12.6. The van der Waals surface area contributed by atoms with Crippen molar-refractivity contribution in [3.05, 3.63) is 16.9 Å². The van der Waals surface area contributed by atoms with Gasteiger partial charge in [-0.15, -0.1) is 0 Å². The van der Waals surface area contributed by atoms with Gasteiger partial charge in [0.1, 0.15) is 0 Å². The zero-order chi connectivity index (χ0) is 10.6. The summed E-state index contributed by atoms with van der Waals surface area (Å²) in [6.07, 6.45) is 3.52. The Morgan fingerprint density at radius 1 is 1.14 bits per heavy atom. The van der Waals surface area contributed by atoms with E-state index in [9.17, 15) is 0 Å². The lowest BCUT2D eigenvalue weighted by molar-refractivity contribution is 0.415. The molecule has 78 valence electrons. The minimum Gasteiger partial charge on any atom is -0.343 e. The zero-order valence-electron chi connectivity index (χ0n) is 8.74. The summed E-state index contributed by atoms with van der Waals surface area (Å²) >= 11 is 3.31. The van der Waals surface area contributed by atoms with Crippen LogP contribution in [-0.4, -0.2) is 49.1 Å². The molecule has 0 aliphatic heterocycles. The maximum absolute atomic E-state index is 4.21. The van der Waals surface area contributed by atoms with Gasteiger partial charge in [0, 0.05) is 32.5 Å². The summed E-state index contributed by atoms with van der Waals surface area (Å²) < 4.78 is 0.905. The van der Waals surface area contributed by atoms with Crippen molar-refractivity contribution in [3.8, 4) is 0 Å². The third kappa shape index (κ3) is 3.59. The van der Waals surface area contributed by atoms with Crippen LogP contribution in [0.15, 0.2) is 16.9 Å². The van der Waals surface area contributed by atoms with E-state index in [2.05, 4.69) is 44.9 Å². The van der Waals surface area contributed by atoms with E-state index in [1.807, 2.05) is 11.9 Å².